The Labute approximate surface area is 96.2 Å². The molecule has 5 heteroatoms. The first-order valence-corrected chi connectivity index (χ1v) is 4.92. The van der Waals surface area contributed by atoms with Crippen molar-refractivity contribution in [2.24, 2.45) is 0 Å². The van der Waals surface area contributed by atoms with Crippen LogP contribution < -0.4 is 4.74 Å². The van der Waals surface area contributed by atoms with Crippen LogP contribution in [0.1, 0.15) is 0 Å². The number of para-hydroxylation sites is 1. The maximum absolute atomic E-state index is 10.8. The average Bonchev–Trinajstić information content (AvgIpc) is 2.58. The van der Waals surface area contributed by atoms with Gasteiger partial charge in [-0.1, -0.05) is 29.3 Å². The van der Waals surface area contributed by atoms with Crippen molar-refractivity contribution in [1.29, 1.82) is 0 Å². The van der Waals surface area contributed by atoms with Crippen LogP contribution in [0.25, 0.3) is 0 Å². The van der Waals surface area contributed by atoms with Crippen LogP contribution in [0.2, 0.25) is 10.0 Å². The molecule has 1 aromatic carbocycles. The lowest BCUT2D eigenvalue weighted by atomic mass is 10.3. The van der Waals surface area contributed by atoms with E-state index in [2.05, 4.69) is 0 Å². The van der Waals surface area contributed by atoms with Crippen LogP contribution in [0.5, 0.6) is 5.75 Å². The van der Waals surface area contributed by atoms with Crippen molar-refractivity contribution in [2.45, 2.75) is 6.29 Å². The minimum absolute atomic E-state index is 0.310. The SMILES string of the molecule is O=C1C=CC(Oc2c(Cl)cccc2Cl)O1. The molecule has 0 aliphatic carbocycles. The van der Waals surface area contributed by atoms with Gasteiger partial charge >= 0.3 is 5.97 Å². The largest absolute Gasteiger partial charge is 0.448 e. The van der Waals surface area contributed by atoms with Crippen LogP contribution in [-0.4, -0.2) is 12.3 Å². The smallest absolute Gasteiger partial charge is 0.334 e. The van der Waals surface area contributed by atoms with E-state index in [1.807, 2.05) is 0 Å². The maximum Gasteiger partial charge on any atom is 0.334 e. The standard InChI is InChI=1S/C10H6Cl2O3/c11-6-2-1-3-7(12)10(6)15-9-5-4-8(13)14-9/h1-5,9H. The van der Waals surface area contributed by atoms with E-state index < -0.39 is 12.3 Å². The van der Waals surface area contributed by atoms with Crippen LogP contribution in [0, 0.1) is 0 Å². The molecule has 78 valence electrons. The molecule has 0 N–H and O–H groups in total. The Bertz CT molecular complexity index is 408. The van der Waals surface area contributed by atoms with Gasteiger partial charge in [-0.05, 0) is 12.1 Å². The van der Waals surface area contributed by atoms with Crippen LogP contribution in [0.15, 0.2) is 30.4 Å². The molecular weight excluding hydrogens is 239 g/mol. The van der Waals surface area contributed by atoms with Gasteiger partial charge in [0.05, 0.1) is 10.0 Å². The lowest BCUT2D eigenvalue weighted by Crippen LogP contribution is -2.15. The van der Waals surface area contributed by atoms with Crippen LogP contribution in [0.4, 0.5) is 0 Å². The second kappa shape index (κ2) is 4.13. The molecular formula is C10H6Cl2O3. The van der Waals surface area contributed by atoms with E-state index in [1.165, 1.54) is 12.2 Å². The molecule has 15 heavy (non-hydrogen) atoms. The second-order valence-corrected chi connectivity index (χ2v) is 3.65. The zero-order valence-electron chi connectivity index (χ0n) is 7.44. The summed E-state index contributed by atoms with van der Waals surface area (Å²) < 4.78 is 10.1. The maximum atomic E-state index is 10.8. The molecule has 0 saturated carbocycles. The minimum atomic E-state index is -0.755. The Kier molecular flexibility index (Phi) is 2.84. The van der Waals surface area contributed by atoms with Crippen molar-refractivity contribution in [3.05, 3.63) is 40.4 Å². The van der Waals surface area contributed by atoms with E-state index in [1.54, 1.807) is 18.2 Å². The predicted octanol–water partition coefficient (Wildman–Crippen LogP) is 2.81. The zero-order chi connectivity index (χ0) is 10.8. The third-order valence-electron chi connectivity index (χ3n) is 1.77. The zero-order valence-corrected chi connectivity index (χ0v) is 8.96. The minimum Gasteiger partial charge on any atom is -0.448 e. The van der Waals surface area contributed by atoms with Gasteiger partial charge in [0.1, 0.15) is 0 Å². The first-order valence-electron chi connectivity index (χ1n) is 4.16. The molecule has 3 nitrogen and oxygen atoms in total. The van der Waals surface area contributed by atoms with Crippen LogP contribution in [0.3, 0.4) is 0 Å². The van der Waals surface area contributed by atoms with E-state index in [0.717, 1.165) is 0 Å². The third-order valence-corrected chi connectivity index (χ3v) is 2.37. The fraction of sp³-hybridized carbons (Fsp3) is 0.100. The molecule has 1 aliphatic heterocycles. The summed E-state index contributed by atoms with van der Waals surface area (Å²) in [5, 5.41) is 0.748. The number of halogens is 2. The fourth-order valence-electron chi connectivity index (χ4n) is 1.12. The molecule has 0 bridgehead atoms. The number of hydrogen-bond acceptors (Lipinski definition) is 3. The van der Waals surface area contributed by atoms with Crippen LogP contribution in [-0.2, 0) is 9.53 Å². The summed E-state index contributed by atoms with van der Waals surface area (Å²) in [6.45, 7) is 0. The van der Waals surface area contributed by atoms with Gasteiger partial charge in [0.2, 0.25) is 0 Å². The monoisotopic (exact) mass is 244 g/mol. The third kappa shape index (κ3) is 2.25. The van der Waals surface area contributed by atoms with Gasteiger partial charge < -0.3 is 9.47 Å². The number of cyclic esters (lactones) is 1. The molecule has 0 fully saturated rings. The molecule has 1 aromatic rings. The molecule has 0 aromatic heterocycles. The molecule has 0 saturated heterocycles. The van der Waals surface area contributed by atoms with Crippen LogP contribution >= 0.6 is 23.2 Å². The summed E-state index contributed by atoms with van der Waals surface area (Å²) in [5.74, 6) is -0.131. The molecule has 1 atom stereocenters. The quantitative estimate of drug-likeness (QED) is 0.751. The summed E-state index contributed by atoms with van der Waals surface area (Å²) in [6.07, 6.45) is 2.02. The fourth-order valence-corrected chi connectivity index (χ4v) is 1.61. The molecule has 1 heterocycles. The summed E-state index contributed by atoms with van der Waals surface area (Å²) in [7, 11) is 0. The van der Waals surface area contributed by atoms with E-state index in [-0.39, 0.29) is 0 Å². The highest BCUT2D eigenvalue weighted by atomic mass is 35.5. The Hall–Kier alpha value is -1.19. The number of rotatable bonds is 2. The molecule has 0 radical (unpaired) electrons. The van der Waals surface area contributed by atoms with E-state index in [0.29, 0.717) is 15.8 Å². The Morgan fingerprint density at radius 2 is 1.93 bits per heavy atom. The normalized spacial score (nSPS) is 19.1. The van der Waals surface area contributed by atoms with Crippen molar-refractivity contribution in [3.63, 3.8) is 0 Å². The lowest BCUT2D eigenvalue weighted by Gasteiger charge is -2.13. The average molecular weight is 245 g/mol. The summed E-state index contributed by atoms with van der Waals surface area (Å²) >= 11 is 11.7. The van der Waals surface area contributed by atoms with E-state index in [9.17, 15) is 4.79 Å². The number of carbonyl (C=O) groups excluding carboxylic acids is 1. The van der Waals surface area contributed by atoms with E-state index in [4.69, 9.17) is 32.7 Å². The summed E-state index contributed by atoms with van der Waals surface area (Å²) in [6, 6.07) is 4.99. The first kappa shape index (κ1) is 10.3. The number of esters is 1. The van der Waals surface area contributed by atoms with Crippen molar-refractivity contribution in [1.82, 2.24) is 0 Å². The molecule has 1 unspecified atom stereocenters. The highest BCUT2D eigenvalue weighted by Gasteiger charge is 2.20. The molecule has 0 amide bonds. The van der Waals surface area contributed by atoms with Gasteiger partial charge in [-0.25, -0.2) is 4.79 Å². The van der Waals surface area contributed by atoms with Crippen molar-refractivity contribution >= 4 is 29.2 Å². The number of ether oxygens (including phenoxy) is 2. The van der Waals surface area contributed by atoms with Gasteiger partial charge in [0, 0.05) is 12.2 Å². The Morgan fingerprint density at radius 1 is 1.27 bits per heavy atom. The van der Waals surface area contributed by atoms with Crippen molar-refractivity contribution in [2.75, 3.05) is 0 Å². The van der Waals surface area contributed by atoms with E-state index >= 15 is 0 Å². The van der Waals surface area contributed by atoms with Gasteiger partial charge in [-0.2, -0.15) is 0 Å². The second-order valence-electron chi connectivity index (χ2n) is 2.83. The lowest BCUT2D eigenvalue weighted by molar-refractivity contribution is -0.147. The van der Waals surface area contributed by atoms with Crippen molar-refractivity contribution < 1.29 is 14.3 Å². The van der Waals surface area contributed by atoms with Gasteiger partial charge in [-0.15, -0.1) is 0 Å². The highest BCUT2D eigenvalue weighted by Crippen LogP contribution is 2.33. The molecule has 2 rings (SSSR count). The summed E-state index contributed by atoms with van der Waals surface area (Å²) in [4.78, 5) is 10.8. The number of hydrogen-bond donors (Lipinski definition) is 0. The van der Waals surface area contributed by atoms with Gasteiger partial charge in [0.15, 0.2) is 5.75 Å². The number of carbonyl (C=O) groups is 1. The Morgan fingerprint density at radius 3 is 2.47 bits per heavy atom. The Balaban J connectivity index is 2.18. The van der Waals surface area contributed by atoms with Gasteiger partial charge in [-0.3, -0.25) is 0 Å². The van der Waals surface area contributed by atoms with Crippen molar-refractivity contribution in [3.8, 4) is 5.75 Å². The number of benzene rings is 1. The molecule has 0 spiro atoms. The topological polar surface area (TPSA) is 35.5 Å². The first-order chi connectivity index (χ1) is 7.16. The summed E-state index contributed by atoms with van der Waals surface area (Å²) in [5.41, 5.74) is 0. The van der Waals surface area contributed by atoms with Gasteiger partial charge in [0.25, 0.3) is 6.29 Å². The predicted molar refractivity (Wildman–Crippen MR) is 56.1 cm³/mol. The highest BCUT2D eigenvalue weighted by molar-refractivity contribution is 6.37. The molecule has 1 aliphatic rings.